The van der Waals surface area contributed by atoms with E-state index >= 15 is 0 Å². The minimum Gasteiger partial charge on any atom is -0.493 e. The fourth-order valence-electron chi connectivity index (χ4n) is 3.64. The lowest BCUT2D eigenvalue weighted by atomic mass is 9.78. The lowest BCUT2D eigenvalue weighted by Gasteiger charge is -2.28. The van der Waals surface area contributed by atoms with Gasteiger partial charge in [0.2, 0.25) is 11.8 Å². The van der Waals surface area contributed by atoms with Gasteiger partial charge in [0.25, 0.3) is 0 Å². The van der Waals surface area contributed by atoms with Gasteiger partial charge in [0, 0.05) is 18.0 Å². The molecule has 2 amide bonds. The summed E-state index contributed by atoms with van der Waals surface area (Å²) in [5.41, 5.74) is 3.57. The molecule has 6 nitrogen and oxygen atoms in total. The molecule has 0 unspecified atom stereocenters. The summed E-state index contributed by atoms with van der Waals surface area (Å²) in [6.07, 6.45) is 3.87. The van der Waals surface area contributed by atoms with Crippen molar-refractivity contribution in [2.45, 2.75) is 32.1 Å². The Balaban J connectivity index is 1.51. The largest absolute Gasteiger partial charge is 0.493 e. The third kappa shape index (κ3) is 5.33. The normalized spacial score (nSPS) is 18.9. The maximum Gasteiger partial charge on any atom is 0.247 e. The van der Waals surface area contributed by atoms with Gasteiger partial charge < -0.3 is 10.1 Å². The van der Waals surface area contributed by atoms with Crippen LogP contribution >= 0.6 is 0 Å². The summed E-state index contributed by atoms with van der Waals surface area (Å²) in [5, 5.41) is 11.8. The fourth-order valence-corrected chi connectivity index (χ4v) is 3.64. The smallest absolute Gasteiger partial charge is 0.247 e. The van der Waals surface area contributed by atoms with Crippen molar-refractivity contribution in [1.29, 1.82) is 0 Å². The average Bonchev–Trinajstić information content (AvgIpc) is 2.75. The van der Waals surface area contributed by atoms with Crippen LogP contribution in [0.2, 0.25) is 0 Å². The maximum atomic E-state index is 12.6. The number of hydrogen-bond acceptors (Lipinski definition) is 4. The highest BCUT2D eigenvalue weighted by Crippen LogP contribution is 2.31. The minimum atomic E-state index is -0.487. The molecule has 3 N–H and O–H groups in total. The van der Waals surface area contributed by atoms with E-state index in [1.54, 1.807) is 17.6 Å². The first-order valence-electron chi connectivity index (χ1n) is 9.69. The first-order valence-corrected chi connectivity index (χ1v) is 9.69. The molecule has 1 aliphatic rings. The number of nitrogens with one attached hydrogen (secondary N) is 2. The van der Waals surface area contributed by atoms with Crippen LogP contribution in [0.3, 0.4) is 0 Å². The number of ether oxygens (including phenoxy) is 1. The molecule has 0 aromatic heterocycles. The van der Waals surface area contributed by atoms with Crippen LogP contribution in [0.15, 0.2) is 54.6 Å². The number of anilines is 1. The zero-order chi connectivity index (χ0) is 19.8. The van der Waals surface area contributed by atoms with Crippen molar-refractivity contribution < 1.29 is 19.5 Å². The molecule has 0 bridgehead atoms. The van der Waals surface area contributed by atoms with E-state index in [-0.39, 0.29) is 5.91 Å². The van der Waals surface area contributed by atoms with Crippen LogP contribution in [0.1, 0.15) is 31.2 Å². The van der Waals surface area contributed by atoms with E-state index in [9.17, 15) is 9.59 Å². The van der Waals surface area contributed by atoms with Gasteiger partial charge in [0.05, 0.1) is 12.5 Å². The second kappa shape index (κ2) is 9.90. The summed E-state index contributed by atoms with van der Waals surface area (Å²) in [7, 11) is 0. The van der Waals surface area contributed by atoms with E-state index < -0.39 is 17.7 Å². The molecule has 0 radical (unpaired) electrons. The number of carbonyl (C=O) groups excluding carboxylic acids is 2. The Kier molecular flexibility index (Phi) is 7.03. The Hall–Kier alpha value is -2.86. The molecule has 0 heterocycles. The van der Waals surface area contributed by atoms with Gasteiger partial charge in [0.15, 0.2) is 0 Å². The molecular formula is C22H26N2O4. The zero-order valence-electron chi connectivity index (χ0n) is 15.8. The van der Waals surface area contributed by atoms with E-state index in [0.717, 1.165) is 25.0 Å². The van der Waals surface area contributed by atoms with Gasteiger partial charge in [-0.3, -0.25) is 14.8 Å². The quantitative estimate of drug-likeness (QED) is 0.505. The van der Waals surface area contributed by atoms with Crippen molar-refractivity contribution in [3.8, 4) is 5.75 Å². The molecule has 2 atom stereocenters. The van der Waals surface area contributed by atoms with Crippen LogP contribution in [0.4, 0.5) is 5.69 Å². The van der Waals surface area contributed by atoms with Gasteiger partial charge in [-0.1, -0.05) is 43.2 Å². The zero-order valence-corrected chi connectivity index (χ0v) is 15.8. The summed E-state index contributed by atoms with van der Waals surface area (Å²) >= 11 is 0. The number of amides is 2. The van der Waals surface area contributed by atoms with Crippen molar-refractivity contribution >= 4 is 17.5 Å². The van der Waals surface area contributed by atoms with Crippen molar-refractivity contribution in [3.05, 3.63) is 60.2 Å². The molecule has 1 saturated carbocycles. The number of rotatable bonds is 7. The summed E-state index contributed by atoms with van der Waals surface area (Å²) in [5.74, 6) is -0.848. The second-order valence-electron chi connectivity index (χ2n) is 7.07. The van der Waals surface area contributed by atoms with Crippen LogP contribution in [0, 0.1) is 11.8 Å². The molecule has 3 rings (SSSR count). The van der Waals surface area contributed by atoms with Crippen LogP contribution in [0.5, 0.6) is 5.75 Å². The molecule has 2 aromatic rings. The lowest BCUT2D eigenvalue weighted by Crippen LogP contribution is -2.40. The van der Waals surface area contributed by atoms with E-state index in [2.05, 4.69) is 17.4 Å². The molecule has 6 heteroatoms. The fraction of sp³-hybridized carbons (Fsp3) is 0.364. The molecule has 1 fully saturated rings. The summed E-state index contributed by atoms with van der Waals surface area (Å²) < 4.78 is 5.76. The Bertz CT molecular complexity index is 777. The highest BCUT2D eigenvalue weighted by Gasteiger charge is 2.35. The topological polar surface area (TPSA) is 87.7 Å². The van der Waals surface area contributed by atoms with E-state index in [4.69, 9.17) is 9.94 Å². The Labute approximate surface area is 164 Å². The first kappa shape index (κ1) is 19.9. The van der Waals surface area contributed by atoms with Gasteiger partial charge in [-0.15, -0.1) is 0 Å². The Morgan fingerprint density at radius 2 is 1.57 bits per heavy atom. The van der Waals surface area contributed by atoms with Crippen molar-refractivity contribution in [2.75, 3.05) is 11.9 Å². The number of hydrogen-bond donors (Lipinski definition) is 3. The molecule has 2 aromatic carbocycles. The lowest BCUT2D eigenvalue weighted by molar-refractivity contribution is -0.140. The van der Waals surface area contributed by atoms with Crippen molar-refractivity contribution in [2.24, 2.45) is 11.8 Å². The van der Waals surface area contributed by atoms with Crippen LogP contribution in [-0.2, 0) is 16.0 Å². The van der Waals surface area contributed by atoms with E-state index in [0.29, 0.717) is 25.1 Å². The number of carbonyl (C=O) groups is 2. The molecule has 28 heavy (non-hydrogen) atoms. The molecule has 0 saturated heterocycles. The van der Waals surface area contributed by atoms with Gasteiger partial charge in [-0.25, -0.2) is 5.48 Å². The monoisotopic (exact) mass is 382 g/mol. The maximum absolute atomic E-state index is 12.6. The standard InChI is InChI=1S/C22H26N2O4/c25-21(19-8-4-5-9-20(19)22(26)24-27)23-17-10-12-18(13-11-17)28-15-14-16-6-2-1-3-7-16/h1-3,6-7,10-13,19-20,27H,4-5,8-9,14-15H2,(H,23,25)(H,24,26)/t19-,20-/m1/s1. The molecule has 0 aliphatic heterocycles. The molecular weight excluding hydrogens is 356 g/mol. The summed E-state index contributed by atoms with van der Waals surface area (Å²) in [4.78, 5) is 24.4. The predicted molar refractivity (Wildman–Crippen MR) is 106 cm³/mol. The highest BCUT2D eigenvalue weighted by atomic mass is 16.5. The summed E-state index contributed by atoms with van der Waals surface area (Å²) in [6.45, 7) is 0.579. The van der Waals surface area contributed by atoms with Crippen LogP contribution in [0.25, 0.3) is 0 Å². The van der Waals surface area contributed by atoms with E-state index in [1.807, 2.05) is 30.3 Å². The molecule has 1 aliphatic carbocycles. The second-order valence-corrected chi connectivity index (χ2v) is 7.07. The highest BCUT2D eigenvalue weighted by molar-refractivity contribution is 5.96. The third-order valence-electron chi connectivity index (χ3n) is 5.17. The number of benzene rings is 2. The van der Waals surface area contributed by atoms with Gasteiger partial charge in [-0.2, -0.15) is 0 Å². The molecule has 0 spiro atoms. The van der Waals surface area contributed by atoms with Crippen molar-refractivity contribution in [1.82, 2.24) is 5.48 Å². The Morgan fingerprint density at radius 3 is 2.21 bits per heavy atom. The minimum absolute atomic E-state index is 0.189. The predicted octanol–water partition coefficient (Wildman–Crippen LogP) is 3.56. The van der Waals surface area contributed by atoms with Crippen molar-refractivity contribution in [3.63, 3.8) is 0 Å². The Morgan fingerprint density at radius 1 is 0.929 bits per heavy atom. The third-order valence-corrected chi connectivity index (χ3v) is 5.17. The van der Waals surface area contributed by atoms with E-state index in [1.165, 1.54) is 5.56 Å². The summed E-state index contributed by atoms with van der Waals surface area (Å²) in [6, 6.07) is 17.4. The first-order chi connectivity index (χ1) is 13.7. The average molecular weight is 382 g/mol. The number of hydroxylamine groups is 1. The van der Waals surface area contributed by atoms with Gasteiger partial charge in [0.1, 0.15) is 5.75 Å². The molecule has 148 valence electrons. The van der Waals surface area contributed by atoms with Gasteiger partial charge in [-0.05, 0) is 42.7 Å². The van der Waals surface area contributed by atoms with Crippen LogP contribution in [-0.4, -0.2) is 23.6 Å². The van der Waals surface area contributed by atoms with Crippen LogP contribution < -0.4 is 15.5 Å². The SMILES string of the molecule is O=C(NO)[C@@H]1CCCC[C@H]1C(=O)Nc1ccc(OCCc2ccccc2)cc1. The van der Waals surface area contributed by atoms with Gasteiger partial charge >= 0.3 is 0 Å².